The van der Waals surface area contributed by atoms with Crippen LogP contribution >= 0.6 is 0 Å². The molecule has 0 aromatic heterocycles. The maximum atomic E-state index is 6.29. The number of rotatable bonds is 2. The van der Waals surface area contributed by atoms with Crippen LogP contribution in [-0.4, -0.2) is 36.8 Å². The van der Waals surface area contributed by atoms with Crippen molar-refractivity contribution >= 4 is 23.4 Å². The first-order valence-corrected chi connectivity index (χ1v) is 10.9. The third-order valence-electron chi connectivity index (χ3n) is 7.18. The van der Waals surface area contributed by atoms with Gasteiger partial charge in [-0.25, -0.2) is 0 Å². The molecule has 0 radical (unpaired) electrons. The molecule has 3 aromatic rings. The van der Waals surface area contributed by atoms with Gasteiger partial charge in [0.05, 0.1) is 11.2 Å². The van der Waals surface area contributed by atoms with E-state index in [2.05, 4.69) is 100 Å². The Hall–Kier alpha value is -2.14. The lowest BCUT2D eigenvalue weighted by molar-refractivity contribution is 0.00578. The minimum absolute atomic E-state index is 0.313. The van der Waals surface area contributed by atoms with Crippen molar-refractivity contribution in [2.75, 3.05) is 13.6 Å². The third kappa shape index (κ3) is 3.28. The first kappa shape index (κ1) is 19.8. The summed E-state index contributed by atoms with van der Waals surface area (Å²) in [6.45, 7) is 10.4. The highest BCUT2D eigenvalue weighted by molar-refractivity contribution is 6.62. The number of likely N-dealkylation sites (N-methyl/N-ethyl adjacent to an activating group) is 1. The van der Waals surface area contributed by atoms with E-state index in [1.54, 1.807) is 0 Å². The van der Waals surface area contributed by atoms with Crippen LogP contribution in [-0.2, 0) is 15.9 Å². The summed E-state index contributed by atoms with van der Waals surface area (Å²) in [7, 11) is 1.89. The van der Waals surface area contributed by atoms with Crippen molar-refractivity contribution in [1.29, 1.82) is 0 Å². The zero-order chi connectivity index (χ0) is 21.1. The fourth-order valence-corrected chi connectivity index (χ4v) is 4.70. The van der Waals surface area contributed by atoms with Crippen LogP contribution < -0.4 is 5.46 Å². The van der Waals surface area contributed by atoms with Crippen LogP contribution in [0.25, 0.3) is 10.8 Å². The summed E-state index contributed by atoms with van der Waals surface area (Å²) in [6.07, 6.45) is 0. The van der Waals surface area contributed by atoms with E-state index in [1.807, 2.05) is 0 Å². The number of nitrogens with zero attached hydrogens (tertiary/aromatic N) is 1. The molecule has 1 unspecified atom stereocenters. The van der Waals surface area contributed by atoms with E-state index in [0.29, 0.717) is 5.92 Å². The van der Waals surface area contributed by atoms with Gasteiger partial charge in [0.25, 0.3) is 0 Å². The fourth-order valence-electron chi connectivity index (χ4n) is 4.70. The van der Waals surface area contributed by atoms with Gasteiger partial charge in [-0.15, -0.1) is 0 Å². The van der Waals surface area contributed by atoms with E-state index in [4.69, 9.17) is 9.31 Å². The molecule has 1 saturated heterocycles. The Bertz CT molecular complexity index is 1090. The van der Waals surface area contributed by atoms with E-state index in [9.17, 15) is 0 Å². The predicted octanol–water partition coefficient (Wildman–Crippen LogP) is 4.72. The molecule has 1 atom stereocenters. The number of hydrogen-bond donors (Lipinski definition) is 0. The van der Waals surface area contributed by atoms with Crippen molar-refractivity contribution in [3.05, 3.63) is 77.4 Å². The number of fused-ring (bicyclic) bond motifs is 2. The molecule has 3 nitrogen and oxygen atoms in total. The van der Waals surface area contributed by atoms with E-state index < -0.39 is 0 Å². The van der Waals surface area contributed by atoms with E-state index in [1.165, 1.54) is 27.5 Å². The standard InChI is InChI=1S/C26H30BNO2/c1-25(2)26(3,4)30-27(29-25)22-12-13-23-21(15-22)16-28(5)17-24(23)20-11-10-18-8-6-7-9-19(18)14-20/h6-15,24H,16-17H2,1-5H3. The Labute approximate surface area is 180 Å². The van der Waals surface area contributed by atoms with Gasteiger partial charge in [0, 0.05) is 19.0 Å². The van der Waals surface area contributed by atoms with Crippen molar-refractivity contribution < 1.29 is 9.31 Å². The Morgan fingerprint density at radius 1 is 0.867 bits per heavy atom. The highest BCUT2D eigenvalue weighted by Gasteiger charge is 2.51. The normalized spacial score (nSPS) is 23.0. The molecule has 0 amide bonds. The number of hydrogen-bond acceptors (Lipinski definition) is 3. The van der Waals surface area contributed by atoms with Crippen molar-refractivity contribution in [1.82, 2.24) is 4.90 Å². The van der Waals surface area contributed by atoms with Gasteiger partial charge in [0.15, 0.2) is 0 Å². The molecular formula is C26H30BNO2. The average Bonchev–Trinajstić information content (AvgIpc) is 2.93. The molecule has 0 aliphatic carbocycles. The average molecular weight is 399 g/mol. The molecule has 2 aliphatic heterocycles. The molecule has 154 valence electrons. The van der Waals surface area contributed by atoms with E-state index in [-0.39, 0.29) is 18.3 Å². The molecule has 1 fully saturated rings. The van der Waals surface area contributed by atoms with Crippen LogP contribution in [0.15, 0.2) is 60.7 Å². The lowest BCUT2D eigenvalue weighted by Crippen LogP contribution is -2.41. The highest BCUT2D eigenvalue weighted by Crippen LogP contribution is 2.38. The predicted molar refractivity (Wildman–Crippen MR) is 124 cm³/mol. The minimum atomic E-state index is -0.321. The van der Waals surface area contributed by atoms with Crippen molar-refractivity contribution in [2.45, 2.75) is 51.4 Å². The van der Waals surface area contributed by atoms with Gasteiger partial charge in [-0.05, 0) is 67.7 Å². The third-order valence-corrected chi connectivity index (χ3v) is 7.18. The van der Waals surface area contributed by atoms with Gasteiger partial charge in [-0.2, -0.15) is 0 Å². The first-order chi connectivity index (χ1) is 14.2. The second kappa shape index (κ2) is 6.95. The number of benzene rings is 3. The SMILES string of the molecule is CN1Cc2cc(B3OC(C)(C)C(C)(C)O3)ccc2C(c2ccc3ccccc3c2)C1. The quantitative estimate of drug-likeness (QED) is 0.583. The fraction of sp³-hybridized carbons (Fsp3) is 0.385. The van der Waals surface area contributed by atoms with Crippen LogP contribution in [0.3, 0.4) is 0 Å². The van der Waals surface area contributed by atoms with Crippen LogP contribution in [0.5, 0.6) is 0 Å². The van der Waals surface area contributed by atoms with Gasteiger partial charge in [0.1, 0.15) is 0 Å². The molecule has 0 spiro atoms. The van der Waals surface area contributed by atoms with Gasteiger partial charge in [0.2, 0.25) is 0 Å². The molecule has 3 aromatic carbocycles. The van der Waals surface area contributed by atoms with Crippen LogP contribution in [0.1, 0.15) is 50.3 Å². The zero-order valence-corrected chi connectivity index (χ0v) is 18.6. The molecule has 5 rings (SSSR count). The summed E-state index contributed by atoms with van der Waals surface area (Å²) < 4.78 is 12.6. The van der Waals surface area contributed by atoms with Crippen molar-refractivity contribution in [3.8, 4) is 0 Å². The molecule has 0 saturated carbocycles. The minimum Gasteiger partial charge on any atom is -0.399 e. The maximum absolute atomic E-state index is 6.29. The van der Waals surface area contributed by atoms with Crippen molar-refractivity contribution in [2.24, 2.45) is 0 Å². The molecular weight excluding hydrogens is 369 g/mol. The highest BCUT2D eigenvalue weighted by atomic mass is 16.7. The molecule has 4 heteroatoms. The van der Waals surface area contributed by atoms with E-state index >= 15 is 0 Å². The van der Waals surface area contributed by atoms with Crippen LogP contribution in [0.4, 0.5) is 0 Å². The monoisotopic (exact) mass is 399 g/mol. The maximum Gasteiger partial charge on any atom is 0.494 e. The lowest BCUT2D eigenvalue weighted by atomic mass is 9.75. The summed E-state index contributed by atoms with van der Waals surface area (Å²) in [6, 6.07) is 22.3. The van der Waals surface area contributed by atoms with Crippen molar-refractivity contribution in [3.63, 3.8) is 0 Å². The van der Waals surface area contributed by atoms with Crippen LogP contribution in [0.2, 0.25) is 0 Å². The van der Waals surface area contributed by atoms with Crippen LogP contribution in [0, 0.1) is 0 Å². The molecule has 0 bridgehead atoms. The summed E-state index contributed by atoms with van der Waals surface area (Å²) in [5.74, 6) is 0.371. The Morgan fingerprint density at radius 3 is 2.30 bits per heavy atom. The van der Waals surface area contributed by atoms with Gasteiger partial charge >= 0.3 is 7.12 Å². The molecule has 0 N–H and O–H groups in total. The summed E-state index contributed by atoms with van der Waals surface area (Å²) in [5, 5.41) is 2.60. The lowest BCUT2D eigenvalue weighted by Gasteiger charge is -2.33. The topological polar surface area (TPSA) is 21.7 Å². The Kier molecular flexibility index (Phi) is 4.59. The molecule has 2 heterocycles. The Balaban J connectivity index is 1.51. The summed E-state index contributed by atoms with van der Waals surface area (Å²) in [4.78, 5) is 2.41. The van der Waals surface area contributed by atoms with E-state index in [0.717, 1.165) is 18.6 Å². The zero-order valence-electron chi connectivity index (χ0n) is 18.6. The molecule has 30 heavy (non-hydrogen) atoms. The molecule has 2 aliphatic rings. The van der Waals surface area contributed by atoms with Gasteiger partial charge in [-0.1, -0.05) is 60.7 Å². The Morgan fingerprint density at radius 2 is 1.57 bits per heavy atom. The second-order valence-electron chi connectivity index (χ2n) is 9.90. The summed E-state index contributed by atoms with van der Waals surface area (Å²) >= 11 is 0. The smallest absolute Gasteiger partial charge is 0.399 e. The summed E-state index contributed by atoms with van der Waals surface area (Å²) in [5.41, 5.74) is 4.64. The second-order valence-corrected chi connectivity index (χ2v) is 9.90. The first-order valence-electron chi connectivity index (χ1n) is 10.9. The van der Waals surface area contributed by atoms with Gasteiger partial charge < -0.3 is 14.2 Å². The largest absolute Gasteiger partial charge is 0.494 e. The van der Waals surface area contributed by atoms with Gasteiger partial charge in [-0.3, -0.25) is 0 Å².